The monoisotopic (exact) mass is 275 g/mol. The van der Waals surface area contributed by atoms with Crippen molar-refractivity contribution in [2.75, 3.05) is 13.7 Å². The zero-order valence-electron chi connectivity index (χ0n) is 11.3. The Kier molecular flexibility index (Phi) is 6.15. The number of ether oxygens (including phenoxy) is 1. The van der Waals surface area contributed by atoms with Crippen LogP contribution in [0.5, 0.6) is 5.75 Å². The number of hydrogen-bond donors (Lipinski definition) is 1. The van der Waals surface area contributed by atoms with Crippen molar-refractivity contribution in [3.8, 4) is 5.75 Å². The van der Waals surface area contributed by atoms with E-state index in [1.54, 1.807) is 13.1 Å². The van der Waals surface area contributed by atoms with Crippen LogP contribution in [-0.4, -0.2) is 13.7 Å². The fourth-order valence-corrected chi connectivity index (χ4v) is 1.77. The van der Waals surface area contributed by atoms with Crippen LogP contribution in [0.25, 0.3) is 0 Å². The molecule has 0 unspecified atom stereocenters. The zero-order valence-corrected chi connectivity index (χ0v) is 11.3. The second-order valence-corrected chi connectivity index (χ2v) is 4.41. The van der Waals surface area contributed by atoms with Crippen molar-refractivity contribution < 1.29 is 17.9 Å². The second-order valence-electron chi connectivity index (χ2n) is 4.41. The minimum Gasteiger partial charge on any atom is -0.493 e. The standard InChI is InChI=1S/C14H20F3NO/c1-3-4-5-8-19-13-7-6-11(10-18-2)9-12(13)14(15,16)17/h6-7,9,18H,3-5,8,10H2,1-2H3. The van der Waals surface area contributed by atoms with Gasteiger partial charge in [-0.15, -0.1) is 0 Å². The lowest BCUT2D eigenvalue weighted by atomic mass is 10.1. The SMILES string of the molecule is CCCCCOc1ccc(CNC)cc1C(F)(F)F. The van der Waals surface area contributed by atoms with Crippen molar-refractivity contribution in [1.29, 1.82) is 0 Å². The Morgan fingerprint density at radius 3 is 2.53 bits per heavy atom. The van der Waals surface area contributed by atoms with Gasteiger partial charge in [-0.25, -0.2) is 0 Å². The molecule has 0 radical (unpaired) electrons. The predicted octanol–water partition coefficient (Wildman–Crippen LogP) is 3.99. The van der Waals surface area contributed by atoms with Gasteiger partial charge in [0.15, 0.2) is 0 Å². The maximum absolute atomic E-state index is 12.9. The van der Waals surface area contributed by atoms with E-state index in [4.69, 9.17) is 4.74 Å². The summed E-state index contributed by atoms with van der Waals surface area (Å²) in [4.78, 5) is 0. The Morgan fingerprint density at radius 2 is 1.95 bits per heavy atom. The Balaban J connectivity index is 2.84. The van der Waals surface area contributed by atoms with E-state index >= 15 is 0 Å². The van der Waals surface area contributed by atoms with Gasteiger partial charge in [-0.05, 0) is 31.2 Å². The van der Waals surface area contributed by atoms with Gasteiger partial charge in [-0.3, -0.25) is 0 Å². The van der Waals surface area contributed by atoms with Crippen LogP contribution in [0.15, 0.2) is 18.2 Å². The average Bonchev–Trinajstić information content (AvgIpc) is 2.35. The molecule has 0 bridgehead atoms. The summed E-state index contributed by atoms with van der Waals surface area (Å²) in [6.45, 7) is 2.76. The van der Waals surface area contributed by atoms with Gasteiger partial charge in [0.25, 0.3) is 0 Å². The number of alkyl halides is 3. The summed E-state index contributed by atoms with van der Waals surface area (Å²) in [5.74, 6) is -0.0801. The lowest BCUT2D eigenvalue weighted by Crippen LogP contribution is -2.12. The average molecular weight is 275 g/mol. The molecule has 0 aliphatic heterocycles. The molecule has 1 aromatic carbocycles. The van der Waals surface area contributed by atoms with Gasteiger partial charge in [-0.2, -0.15) is 13.2 Å². The van der Waals surface area contributed by atoms with E-state index in [1.807, 2.05) is 6.92 Å². The van der Waals surface area contributed by atoms with Crippen LogP contribution in [0.1, 0.15) is 37.3 Å². The van der Waals surface area contributed by atoms with Crippen LogP contribution >= 0.6 is 0 Å². The fraction of sp³-hybridized carbons (Fsp3) is 0.571. The molecule has 1 rings (SSSR count). The van der Waals surface area contributed by atoms with Gasteiger partial charge >= 0.3 is 6.18 Å². The van der Waals surface area contributed by atoms with Crippen LogP contribution in [0.2, 0.25) is 0 Å². The second kappa shape index (κ2) is 7.38. The molecule has 5 heteroatoms. The molecule has 0 aliphatic rings. The first-order valence-corrected chi connectivity index (χ1v) is 6.46. The van der Waals surface area contributed by atoms with E-state index in [-0.39, 0.29) is 5.75 Å². The molecule has 0 atom stereocenters. The van der Waals surface area contributed by atoms with E-state index < -0.39 is 11.7 Å². The first kappa shape index (κ1) is 15.8. The van der Waals surface area contributed by atoms with Crippen molar-refractivity contribution in [3.05, 3.63) is 29.3 Å². The zero-order chi connectivity index (χ0) is 14.3. The van der Waals surface area contributed by atoms with E-state index in [1.165, 1.54) is 6.07 Å². The van der Waals surface area contributed by atoms with Gasteiger partial charge in [0.2, 0.25) is 0 Å². The minimum atomic E-state index is -4.39. The van der Waals surface area contributed by atoms with Crippen molar-refractivity contribution in [3.63, 3.8) is 0 Å². The van der Waals surface area contributed by atoms with Crippen LogP contribution in [0.3, 0.4) is 0 Å². The summed E-state index contributed by atoms with van der Waals surface area (Å²) in [7, 11) is 1.70. The predicted molar refractivity (Wildman–Crippen MR) is 69.2 cm³/mol. The van der Waals surface area contributed by atoms with E-state index in [9.17, 15) is 13.2 Å². The molecule has 0 aromatic heterocycles. The fourth-order valence-electron chi connectivity index (χ4n) is 1.77. The first-order chi connectivity index (χ1) is 8.99. The Morgan fingerprint density at radius 1 is 1.21 bits per heavy atom. The summed E-state index contributed by atoms with van der Waals surface area (Å²) in [5.41, 5.74) is -0.104. The number of nitrogens with one attached hydrogen (secondary N) is 1. The molecular weight excluding hydrogens is 255 g/mol. The van der Waals surface area contributed by atoms with Crippen molar-refractivity contribution >= 4 is 0 Å². The topological polar surface area (TPSA) is 21.3 Å². The maximum atomic E-state index is 12.9. The highest BCUT2D eigenvalue weighted by atomic mass is 19.4. The summed E-state index contributed by atoms with van der Waals surface area (Å²) < 4.78 is 44.1. The molecular formula is C14H20F3NO. The van der Waals surface area contributed by atoms with Gasteiger partial charge in [0.05, 0.1) is 12.2 Å². The molecule has 0 fully saturated rings. The summed E-state index contributed by atoms with van der Waals surface area (Å²) in [5, 5.41) is 2.83. The summed E-state index contributed by atoms with van der Waals surface area (Å²) in [6.07, 6.45) is -1.65. The van der Waals surface area contributed by atoms with E-state index in [0.29, 0.717) is 18.7 Å². The first-order valence-electron chi connectivity index (χ1n) is 6.46. The normalized spacial score (nSPS) is 11.6. The highest BCUT2D eigenvalue weighted by Gasteiger charge is 2.34. The lowest BCUT2D eigenvalue weighted by molar-refractivity contribution is -0.139. The third kappa shape index (κ3) is 5.11. The van der Waals surface area contributed by atoms with Crippen LogP contribution in [0.4, 0.5) is 13.2 Å². The minimum absolute atomic E-state index is 0.0801. The highest BCUT2D eigenvalue weighted by Crippen LogP contribution is 2.36. The van der Waals surface area contributed by atoms with Gasteiger partial charge < -0.3 is 10.1 Å². The van der Waals surface area contributed by atoms with Crippen molar-refractivity contribution in [2.24, 2.45) is 0 Å². The third-order valence-electron chi connectivity index (χ3n) is 2.74. The quantitative estimate of drug-likeness (QED) is 0.760. The number of benzene rings is 1. The number of hydrogen-bond acceptors (Lipinski definition) is 2. The molecule has 108 valence electrons. The molecule has 1 N–H and O–H groups in total. The van der Waals surface area contributed by atoms with Crippen LogP contribution in [0, 0.1) is 0 Å². The largest absolute Gasteiger partial charge is 0.493 e. The molecule has 19 heavy (non-hydrogen) atoms. The Bertz CT molecular complexity index is 391. The number of unbranched alkanes of at least 4 members (excludes halogenated alkanes) is 2. The van der Waals surface area contributed by atoms with E-state index in [0.717, 1.165) is 25.3 Å². The van der Waals surface area contributed by atoms with Crippen molar-refractivity contribution in [2.45, 2.75) is 38.9 Å². The molecule has 2 nitrogen and oxygen atoms in total. The summed E-state index contributed by atoms with van der Waals surface area (Å²) >= 11 is 0. The van der Waals surface area contributed by atoms with Gasteiger partial charge in [-0.1, -0.05) is 25.8 Å². The van der Waals surface area contributed by atoms with Crippen molar-refractivity contribution in [1.82, 2.24) is 5.32 Å². The summed E-state index contributed by atoms with van der Waals surface area (Å²) in [6, 6.07) is 4.20. The number of halogens is 3. The van der Waals surface area contributed by atoms with Crippen LogP contribution < -0.4 is 10.1 Å². The lowest BCUT2D eigenvalue weighted by Gasteiger charge is -2.15. The smallest absolute Gasteiger partial charge is 0.419 e. The maximum Gasteiger partial charge on any atom is 0.419 e. The molecule has 1 aromatic rings. The molecule has 0 saturated carbocycles. The molecule has 0 spiro atoms. The van der Waals surface area contributed by atoms with Gasteiger partial charge in [0, 0.05) is 6.54 Å². The molecule has 0 heterocycles. The van der Waals surface area contributed by atoms with E-state index in [2.05, 4.69) is 5.32 Å². The Labute approximate surface area is 112 Å². The van der Waals surface area contributed by atoms with Crippen LogP contribution in [-0.2, 0) is 12.7 Å². The molecule has 0 saturated heterocycles. The number of rotatable bonds is 7. The van der Waals surface area contributed by atoms with Gasteiger partial charge in [0.1, 0.15) is 5.75 Å². The Hall–Kier alpha value is -1.23. The molecule has 0 aliphatic carbocycles. The molecule has 0 amide bonds. The third-order valence-corrected chi connectivity index (χ3v) is 2.74. The highest BCUT2D eigenvalue weighted by molar-refractivity contribution is 5.39.